The van der Waals surface area contributed by atoms with Crippen LogP contribution in [-0.4, -0.2) is 28.2 Å². The van der Waals surface area contributed by atoms with Gasteiger partial charge >= 0.3 is 167 Å². The van der Waals surface area contributed by atoms with Gasteiger partial charge in [-0.3, -0.25) is 0 Å². The number of nitrogens with zero attached hydrogens (tertiary/aromatic N) is 3. The van der Waals surface area contributed by atoms with E-state index in [0.717, 1.165) is 68.7 Å². The summed E-state index contributed by atoms with van der Waals surface area (Å²) in [5.41, 5.74) is 12.1. The number of benzene rings is 3. The molecule has 3 aliphatic carbocycles. The molecule has 0 spiro atoms. The Labute approximate surface area is 368 Å². The molecule has 3 fully saturated rings. The Kier molecular flexibility index (Phi) is 13.2. The van der Waals surface area contributed by atoms with E-state index in [1.54, 1.807) is 0 Å². The van der Waals surface area contributed by atoms with Crippen LogP contribution < -0.4 is 4.40 Å². The van der Waals surface area contributed by atoms with Gasteiger partial charge in [0.05, 0.1) is 5.58 Å². The van der Waals surface area contributed by atoms with Crippen LogP contribution in [0.15, 0.2) is 108 Å². The standard InChI is InChI=1S/C28H29N2O.C25H30GeN.Ir/c1-17(2)25-11-10-23-22-4-3-5-24(27(22)31-28(23)30-25)26-16-19(12-13-29-26)15-21-14-18-6-8-20(21)9-7-18;1-25(2,3)17-22-16-24(27-18-23(22)26(4,5)6)21-14-10-13-20(15-21)19-11-8-7-9-12-19;/h3-4,10-13,16-18,20-21H,6-9,14-15H2,1-2H3;7-13,15-16,18H,17H2,1-6H3;/q2*-1;. The predicted molar refractivity (Wildman–Crippen MR) is 245 cm³/mol. The summed E-state index contributed by atoms with van der Waals surface area (Å²) in [5.74, 6) is 10.5. The van der Waals surface area contributed by atoms with Gasteiger partial charge in [0.15, 0.2) is 0 Å². The zero-order valence-electron chi connectivity index (χ0n) is 36.2. The maximum atomic E-state index is 6.28. The van der Waals surface area contributed by atoms with Crippen LogP contribution in [0, 0.1) is 35.3 Å². The first-order valence-electron chi connectivity index (χ1n) is 21.5. The fraction of sp³-hybridized carbons (Fsp3) is 0.377. The molecule has 0 aliphatic heterocycles. The molecule has 3 aromatic carbocycles. The first-order valence-corrected chi connectivity index (χ1v) is 28.9. The molecule has 1 atom stereocenters. The monoisotopic (exact) mass is 1020 g/mol. The average Bonchev–Trinajstić information content (AvgIpc) is 3.59. The van der Waals surface area contributed by atoms with Crippen molar-refractivity contribution in [3.8, 4) is 33.6 Å². The summed E-state index contributed by atoms with van der Waals surface area (Å²) >= 11 is -1.97. The minimum Gasteiger partial charge on any atom is -0.486 e. The molecule has 1 unspecified atom stereocenters. The van der Waals surface area contributed by atoms with E-state index in [-0.39, 0.29) is 25.5 Å². The molecule has 59 heavy (non-hydrogen) atoms. The molecule has 6 heteroatoms. The zero-order valence-corrected chi connectivity index (χ0v) is 40.7. The van der Waals surface area contributed by atoms with Crippen LogP contribution in [-0.2, 0) is 32.9 Å². The third-order valence-corrected chi connectivity index (χ3v) is 16.7. The van der Waals surface area contributed by atoms with E-state index in [0.29, 0.717) is 11.6 Å². The molecule has 3 saturated carbocycles. The van der Waals surface area contributed by atoms with Crippen LogP contribution in [0.3, 0.4) is 0 Å². The van der Waals surface area contributed by atoms with Crippen molar-refractivity contribution in [1.82, 2.24) is 15.0 Å². The van der Waals surface area contributed by atoms with Crippen molar-refractivity contribution in [3.63, 3.8) is 0 Å². The summed E-state index contributed by atoms with van der Waals surface area (Å²) in [6, 6.07) is 38.7. The van der Waals surface area contributed by atoms with Gasteiger partial charge in [-0.2, -0.15) is 0 Å². The number of furan rings is 1. The second-order valence-electron chi connectivity index (χ2n) is 19.5. The molecule has 7 aromatic rings. The second-order valence-corrected chi connectivity index (χ2v) is 30.1. The fourth-order valence-electron chi connectivity index (χ4n) is 9.42. The summed E-state index contributed by atoms with van der Waals surface area (Å²) in [6.45, 7) is 11.3. The Morgan fingerprint density at radius 3 is 2.25 bits per heavy atom. The van der Waals surface area contributed by atoms with E-state index in [1.807, 2.05) is 18.3 Å². The van der Waals surface area contributed by atoms with Gasteiger partial charge in [-0.05, 0) is 73.2 Å². The van der Waals surface area contributed by atoms with Crippen LogP contribution in [0.5, 0.6) is 0 Å². The van der Waals surface area contributed by atoms with E-state index >= 15 is 0 Å². The minimum atomic E-state index is -1.97. The number of rotatable bonds is 8. The van der Waals surface area contributed by atoms with E-state index in [2.05, 4.69) is 149 Å². The SMILES string of the molecule is CC(C)(C)Cc1cc(-c2[c-]ccc(-c3ccccc3)c2)nc[c]1[Ge]([CH3])([CH3])[CH3].CC(C)c1ccc2c(n1)oc1c(-c3cc(CC4CC5CCC4CC5)ccn3)[c-]ccc12.[Ir]. The Bertz CT molecular complexity index is 2520. The maximum absolute atomic E-state index is 6.28. The molecule has 0 N–H and O–H groups in total. The second kappa shape index (κ2) is 18.0. The van der Waals surface area contributed by atoms with E-state index < -0.39 is 13.3 Å². The summed E-state index contributed by atoms with van der Waals surface area (Å²) in [7, 11) is 0. The van der Waals surface area contributed by atoms with Crippen molar-refractivity contribution < 1.29 is 24.5 Å². The Hall–Kier alpha value is -3.90. The van der Waals surface area contributed by atoms with Gasteiger partial charge in [-0.25, -0.2) is 4.98 Å². The Morgan fingerprint density at radius 2 is 1.56 bits per heavy atom. The van der Waals surface area contributed by atoms with Crippen molar-refractivity contribution in [2.75, 3.05) is 0 Å². The van der Waals surface area contributed by atoms with Crippen molar-refractivity contribution in [1.29, 1.82) is 0 Å². The van der Waals surface area contributed by atoms with Crippen LogP contribution in [0.4, 0.5) is 0 Å². The third-order valence-electron chi connectivity index (χ3n) is 12.4. The number of hydrogen-bond donors (Lipinski definition) is 0. The molecule has 4 heterocycles. The maximum Gasteiger partial charge on any atom is 0.216 e. The number of fused-ring (bicyclic) bond motifs is 6. The topological polar surface area (TPSA) is 51.8 Å². The predicted octanol–water partition coefficient (Wildman–Crippen LogP) is 13.7. The quantitative estimate of drug-likeness (QED) is 0.112. The van der Waals surface area contributed by atoms with E-state index in [9.17, 15) is 0 Å². The molecule has 307 valence electrons. The van der Waals surface area contributed by atoms with Gasteiger partial charge in [0, 0.05) is 37.4 Å². The third kappa shape index (κ3) is 10.0. The summed E-state index contributed by atoms with van der Waals surface area (Å²) in [5, 5.41) is 2.15. The van der Waals surface area contributed by atoms with Crippen molar-refractivity contribution in [2.45, 2.75) is 103 Å². The van der Waals surface area contributed by atoms with Gasteiger partial charge in [0.2, 0.25) is 5.71 Å². The van der Waals surface area contributed by atoms with Gasteiger partial charge in [-0.1, -0.05) is 49.3 Å². The van der Waals surface area contributed by atoms with Crippen LogP contribution in [0.1, 0.15) is 89.5 Å². The van der Waals surface area contributed by atoms with Crippen LogP contribution in [0.2, 0.25) is 17.3 Å². The van der Waals surface area contributed by atoms with Crippen molar-refractivity contribution >= 4 is 39.7 Å². The molecule has 1 radical (unpaired) electrons. The summed E-state index contributed by atoms with van der Waals surface area (Å²) in [6.07, 6.45) is 13.6. The fourth-order valence-corrected chi connectivity index (χ4v) is 12.7. The average molecular weight is 1020 g/mol. The van der Waals surface area contributed by atoms with Crippen molar-refractivity contribution in [3.05, 3.63) is 132 Å². The smallest absolute Gasteiger partial charge is 0.216 e. The van der Waals surface area contributed by atoms with Gasteiger partial charge in [-0.15, -0.1) is 18.2 Å². The first-order chi connectivity index (χ1) is 27.8. The largest absolute Gasteiger partial charge is 0.486 e. The zero-order chi connectivity index (χ0) is 40.6. The van der Waals surface area contributed by atoms with Gasteiger partial charge < -0.3 is 9.40 Å². The summed E-state index contributed by atoms with van der Waals surface area (Å²) in [4.78, 5) is 14.3. The first kappa shape index (κ1) is 43.2. The molecular weight excluding hydrogens is 959 g/mol. The molecule has 3 aliphatic rings. The molecule has 4 aromatic heterocycles. The molecular formula is C53H59GeIrN3O-2. The van der Waals surface area contributed by atoms with Gasteiger partial charge in [0.25, 0.3) is 0 Å². The molecule has 0 amide bonds. The van der Waals surface area contributed by atoms with E-state index in [4.69, 9.17) is 19.4 Å². The van der Waals surface area contributed by atoms with E-state index in [1.165, 1.54) is 65.2 Å². The number of pyridine rings is 3. The normalized spacial score (nSPS) is 17.8. The summed E-state index contributed by atoms with van der Waals surface area (Å²) < 4.78 is 7.80. The number of hydrogen-bond acceptors (Lipinski definition) is 4. The Balaban J connectivity index is 0.000000178. The van der Waals surface area contributed by atoms with Crippen LogP contribution >= 0.6 is 0 Å². The van der Waals surface area contributed by atoms with Crippen molar-refractivity contribution in [2.24, 2.45) is 23.2 Å². The molecule has 10 rings (SSSR count). The minimum absolute atomic E-state index is 0. The van der Waals surface area contributed by atoms with Gasteiger partial charge in [0.1, 0.15) is 0 Å². The van der Waals surface area contributed by atoms with Crippen LogP contribution in [0.25, 0.3) is 55.7 Å². The molecule has 2 bridgehead atoms. The Morgan fingerprint density at radius 1 is 0.797 bits per heavy atom. The number of aromatic nitrogens is 3. The molecule has 4 nitrogen and oxygen atoms in total. The molecule has 0 saturated heterocycles.